The van der Waals surface area contributed by atoms with E-state index in [0.717, 1.165) is 24.2 Å². The number of hydrogen-bond acceptors (Lipinski definition) is 2. The minimum atomic E-state index is 1.01. The van der Waals surface area contributed by atoms with Crippen molar-refractivity contribution in [2.45, 2.75) is 26.7 Å². The molecule has 1 heterocycles. The smallest absolute Gasteiger partial charge is 0.0589 e. The van der Waals surface area contributed by atoms with Crippen LogP contribution in [0.3, 0.4) is 0 Å². The number of aromatic nitrogens is 2. The Kier molecular flexibility index (Phi) is 2.37. The molecule has 2 heteroatoms. The molecule has 0 saturated heterocycles. The summed E-state index contributed by atoms with van der Waals surface area (Å²) in [6.45, 7) is 4.11. The van der Waals surface area contributed by atoms with Gasteiger partial charge in [0.25, 0.3) is 0 Å². The molecule has 0 aromatic carbocycles. The van der Waals surface area contributed by atoms with Crippen LogP contribution in [0, 0.1) is 6.92 Å². The second-order valence-electron chi connectivity index (χ2n) is 2.40. The van der Waals surface area contributed by atoms with E-state index in [9.17, 15) is 0 Å². The fourth-order valence-corrected chi connectivity index (χ4v) is 0.892. The summed E-state index contributed by atoms with van der Waals surface area (Å²) in [5, 5.41) is 0. The minimum absolute atomic E-state index is 1.01. The van der Waals surface area contributed by atoms with E-state index in [0.29, 0.717) is 0 Å². The fourth-order valence-electron chi connectivity index (χ4n) is 0.892. The molecule has 54 valence electrons. The average Bonchev–Trinajstić information content (AvgIpc) is 1.88. The van der Waals surface area contributed by atoms with E-state index in [1.807, 2.05) is 13.1 Å². The van der Waals surface area contributed by atoms with Gasteiger partial charge < -0.3 is 0 Å². The fraction of sp³-hybridized carbons (Fsp3) is 0.500. The van der Waals surface area contributed by atoms with E-state index in [4.69, 9.17) is 0 Å². The molecule has 0 bridgehead atoms. The lowest BCUT2D eigenvalue weighted by atomic mass is 10.2. The minimum Gasteiger partial charge on any atom is -0.261 e. The molecule has 0 radical (unpaired) electrons. The van der Waals surface area contributed by atoms with Crippen LogP contribution in [0.25, 0.3) is 0 Å². The van der Waals surface area contributed by atoms with Crippen molar-refractivity contribution in [2.75, 3.05) is 0 Å². The SMILES string of the molecule is CCCc1cncc(C)n1. The first-order chi connectivity index (χ1) is 4.83. The van der Waals surface area contributed by atoms with Gasteiger partial charge in [0, 0.05) is 12.4 Å². The van der Waals surface area contributed by atoms with Crippen LogP contribution in [0.4, 0.5) is 0 Å². The lowest BCUT2D eigenvalue weighted by molar-refractivity contribution is 0.860. The maximum absolute atomic E-state index is 4.30. The van der Waals surface area contributed by atoms with E-state index < -0.39 is 0 Å². The number of rotatable bonds is 2. The predicted molar refractivity (Wildman–Crippen MR) is 40.8 cm³/mol. The Morgan fingerprint density at radius 2 is 2.20 bits per heavy atom. The standard InChI is InChI=1S/C8H12N2/c1-3-4-8-6-9-5-7(2)10-8/h5-6H,3-4H2,1-2H3. The molecule has 0 N–H and O–H groups in total. The first kappa shape index (κ1) is 7.19. The Hall–Kier alpha value is -0.920. The Labute approximate surface area is 61.3 Å². The van der Waals surface area contributed by atoms with Crippen LogP contribution in [-0.4, -0.2) is 9.97 Å². The molecule has 0 aliphatic rings. The molecular formula is C8H12N2. The van der Waals surface area contributed by atoms with Crippen molar-refractivity contribution in [3.8, 4) is 0 Å². The summed E-state index contributed by atoms with van der Waals surface area (Å²) in [5.41, 5.74) is 2.11. The van der Waals surface area contributed by atoms with Crippen molar-refractivity contribution >= 4 is 0 Å². The first-order valence-corrected chi connectivity index (χ1v) is 3.60. The van der Waals surface area contributed by atoms with Crippen molar-refractivity contribution in [2.24, 2.45) is 0 Å². The summed E-state index contributed by atoms with van der Waals surface area (Å²) in [6.07, 6.45) is 5.78. The summed E-state index contributed by atoms with van der Waals surface area (Å²) in [5.74, 6) is 0. The lowest BCUT2D eigenvalue weighted by Gasteiger charge is -1.96. The van der Waals surface area contributed by atoms with Gasteiger partial charge in [-0.1, -0.05) is 13.3 Å². The van der Waals surface area contributed by atoms with Crippen LogP contribution in [0.15, 0.2) is 12.4 Å². The molecule has 1 aromatic heterocycles. The van der Waals surface area contributed by atoms with Crippen molar-refractivity contribution in [1.29, 1.82) is 0 Å². The lowest BCUT2D eigenvalue weighted by Crippen LogP contribution is -1.92. The van der Waals surface area contributed by atoms with Gasteiger partial charge in [-0.05, 0) is 13.3 Å². The molecule has 0 atom stereocenters. The maximum Gasteiger partial charge on any atom is 0.0589 e. The van der Waals surface area contributed by atoms with Gasteiger partial charge in [0.2, 0.25) is 0 Å². The van der Waals surface area contributed by atoms with Crippen molar-refractivity contribution in [3.63, 3.8) is 0 Å². The summed E-state index contributed by atoms with van der Waals surface area (Å²) < 4.78 is 0. The average molecular weight is 136 g/mol. The second-order valence-corrected chi connectivity index (χ2v) is 2.40. The van der Waals surface area contributed by atoms with Gasteiger partial charge in [0.15, 0.2) is 0 Å². The predicted octanol–water partition coefficient (Wildman–Crippen LogP) is 1.74. The Balaban J connectivity index is 2.75. The Morgan fingerprint density at radius 3 is 2.80 bits per heavy atom. The molecule has 0 unspecified atom stereocenters. The van der Waals surface area contributed by atoms with E-state index in [2.05, 4.69) is 16.9 Å². The quantitative estimate of drug-likeness (QED) is 0.618. The third-order valence-electron chi connectivity index (χ3n) is 1.31. The molecule has 1 rings (SSSR count). The molecule has 10 heavy (non-hydrogen) atoms. The number of nitrogens with zero attached hydrogens (tertiary/aromatic N) is 2. The van der Waals surface area contributed by atoms with Crippen LogP contribution in [0.5, 0.6) is 0 Å². The number of aryl methyl sites for hydroxylation is 2. The van der Waals surface area contributed by atoms with Crippen LogP contribution in [0.2, 0.25) is 0 Å². The van der Waals surface area contributed by atoms with E-state index in [-0.39, 0.29) is 0 Å². The van der Waals surface area contributed by atoms with E-state index in [1.54, 1.807) is 6.20 Å². The molecule has 1 aromatic rings. The normalized spacial score (nSPS) is 9.80. The molecule has 0 fully saturated rings. The van der Waals surface area contributed by atoms with Crippen LogP contribution >= 0.6 is 0 Å². The van der Waals surface area contributed by atoms with Crippen molar-refractivity contribution in [1.82, 2.24) is 9.97 Å². The second kappa shape index (κ2) is 3.30. The Morgan fingerprint density at radius 1 is 1.40 bits per heavy atom. The van der Waals surface area contributed by atoms with Crippen LogP contribution in [-0.2, 0) is 6.42 Å². The molecule has 0 aliphatic carbocycles. The van der Waals surface area contributed by atoms with E-state index in [1.165, 1.54) is 0 Å². The molecule has 0 aliphatic heterocycles. The molecule has 2 nitrogen and oxygen atoms in total. The van der Waals surface area contributed by atoms with Crippen LogP contribution in [0.1, 0.15) is 24.7 Å². The van der Waals surface area contributed by atoms with Crippen molar-refractivity contribution in [3.05, 3.63) is 23.8 Å². The molecule has 0 saturated carbocycles. The summed E-state index contributed by atoms with van der Waals surface area (Å²) >= 11 is 0. The highest BCUT2D eigenvalue weighted by molar-refractivity contribution is 5.00. The van der Waals surface area contributed by atoms with Gasteiger partial charge >= 0.3 is 0 Å². The van der Waals surface area contributed by atoms with Gasteiger partial charge in [-0.15, -0.1) is 0 Å². The topological polar surface area (TPSA) is 25.8 Å². The molecular weight excluding hydrogens is 124 g/mol. The maximum atomic E-state index is 4.30. The summed E-state index contributed by atoms with van der Waals surface area (Å²) in [6, 6.07) is 0. The van der Waals surface area contributed by atoms with Crippen LogP contribution < -0.4 is 0 Å². The highest BCUT2D eigenvalue weighted by Gasteiger charge is 1.91. The van der Waals surface area contributed by atoms with E-state index >= 15 is 0 Å². The first-order valence-electron chi connectivity index (χ1n) is 3.60. The van der Waals surface area contributed by atoms with Crippen molar-refractivity contribution < 1.29 is 0 Å². The monoisotopic (exact) mass is 136 g/mol. The summed E-state index contributed by atoms with van der Waals surface area (Å²) in [4.78, 5) is 8.34. The summed E-state index contributed by atoms with van der Waals surface area (Å²) in [7, 11) is 0. The largest absolute Gasteiger partial charge is 0.261 e. The van der Waals surface area contributed by atoms with Gasteiger partial charge in [-0.2, -0.15) is 0 Å². The van der Waals surface area contributed by atoms with Gasteiger partial charge in [0.1, 0.15) is 0 Å². The van der Waals surface area contributed by atoms with Gasteiger partial charge in [-0.25, -0.2) is 0 Å². The van der Waals surface area contributed by atoms with Gasteiger partial charge in [-0.3, -0.25) is 9.97 Å². The van der Waals surface area contributed by atoms with Gasteiger partial charge in [0.05, 0.1) is 11.4 Å². The third kappa shape index (κ3) is 1.79. The zero-order chi connectivity index (χ0) is 7.40. The highest BCUT2D eigenvalue weighted by Crippen LogP contribution is 1.97. The molecule has 0 amide bonds. The molecule has 0 spiro atoms. The number of hydrogen-bond donors (Lipinski definition) is 0. The Bertz CT molecular complexity index is 208. The zero-order valence-electron chi connectivity index (χ0n) is 6.46. The third-order valence-corrected chi connectivity index (χ3v) is 1.31. The zero-order valence-corrected chi connectivity index (χ0v) is 6.46. The highest BCUT2D eigenvalue weighted by atomic mass is 14.8.